The molecule has 0 fully saturated rings. The van der Waals surface area contributed by atoms with Gasteiger partial charge < -0.3 is 10.1 Å². The zero-order chi connectivity index (χ0) is 13.8. The third-order valence-electron chi connectivity index (χ3n) is 2.49. The lowest BCUT2D eigenvalue weighted by atomic mass is 10.1. The normalized spacial score (nSPS) is 13.2. The maximum absolute atomic E-state index is 11.7. The third kappa shape index (κ3) is 5.32. The Hall–Kier alpha value is -1.35. The van der Waals surface area contributed by atoms with E-state index < -0.39 is 5.60 Å². The number of hydrogen-bond donors (Lipinski definition) is 1. The second kappa shape index (κ2) is 6.01. The van der Waals surface area contributed by atoms with Gasteiger partial charge in [-0.25, -0.2) is 0 Å². The van der Waals surface area contributed by atoms with E-state index in [1.807, 2.05) is 27.7 Å². The molecule has 0 amide bonds. The van der Waals surface area contributed by atoms with Crippen LogP contribution in [0.5, 0.6) is 0 Å². The van der Waals surface area contributed by atoms with Crippen molar-refractivity contribution in [3.63, 3.8) is 0 Å². The molecule has 1 aromatic rings. The van der Waals surface area contributed by atoms with Crippen LogP contribution in [0.3, 0.4) is 0 Å². The molecule has 0 radical (unpaired) electrons. The molecule has 1 N–H and O–H groups in total. The molecule has 1 atom stereocenters. The number of ether oxygens (including phenoxy) is 1. The highest BCUT2D eigenvalue weighted by Gasteiger charge is 2.21. The van der Waals surface area contributed by atoms with Crippen LogP contribution >= 0.6 is 0 Å². The van der Waals surface area contributed by atoms with Gasteiger partial charge in [-0.2, -0.15) is 0 Å². The number of hydrogen-bond acceptors (Lipinski definition) is 3. The van der Waals surface area contributed by atoms with Crippen molar-refractivity contribution in [2.24, 2.45) is 0 Å². The molecule has 1 rings (SSSR count). The molecule has 0 heterocycles. The molecule has 0 aliphatic carbocycles. The predicted octanol–water partition coefficient (Wildman–Crippen LogP) is 2.81. The van der Waals surface area contributed by atoms with Gasteiger partial charge in [0, 0.05) is 6.54 Å². The molecule has 0 saturated carbocycles. The van der Waals surface area contributed by atoms with Crippen molar-refractivity contribution in [2.75, 3.05) is 0 Å². The molecule has 18 heavy (non-hydrogen) atoms. The lowest BCUT2D eigenvalue weighted by Gasteiger charge is -2.22. The van der Waals surface area contributed by atoms with Crippen LogP contribution in [0, 0.1) is 6.92 Å². The quantitative estimate of drug-likeness (QED) is 0.834. The van der Waals surface area contributed by atoms with Crippen molar-refractivity contribution in [3.05, 3.63) is 35.4 Å². The average molecular weight is 249 g/mol. The molecule has 1 unspecified atom stereocenters. The number of rotatable bonds is 4. The molecule has 100 valence electrons. The van der Waals surface area contributed by atoms with Gasteiger partial charge in [-0.05, 0) is 40.2 Å². The Morgan fingerprint density at radius 3 is 2.33 bits per heavy atom. The van der Waals surface area contributed by atoms with Gasteiger partial charge >= 0.3 is 5.97 Å². The second-order valence-corrected chi connectivity index (χ2v) is 5.62. The molecule has 0 spiro atoms. The van der Waals surface area contributed by atoms with Gasteiger partial charge in [0.05, 0.1) is 0 Å². The Kier molecular flexibility index (Phi) is 4.91. The van der Waals surface area contributed by atoms with Crippen molar-refractivity contribution >= 4 is 5.97 Å². The summed E-state index contributed by atoms with van der Waals surface area (Å²) in [5, 5.41) is 3.17. The van der Waals surface area contributed by atoms with Gasteiger partial charge in [0.25, 0.3) is 0 Å². The van der Waals surface area contributed by atoms with Crippen molar-refractivity contribution in [3.8, 4) is 0 Å². The summed E-state index contributed by atoms with van der Waals surface area (Å²) in [5.74, 6) is -0.213. The summed E-state index contributed by atoms with van der Waals surface area (Å²) in [4.78, 5) is 11.7. The standard InChI is InChI=1S/C15H23NO2/c1-11-6-8-13(9-7-11)10-16-12(2)14(17)18-15(3,4)5/h6-9,12,16H,10H2,1-5H3. The number of nitrogens with one attached hydrogen (secondary N) is 1. The SMILES string of the molecule is Cc1ccc(CNC(C)C(=O)OC(C)(C)C)cc1. The molecule has 3 heteroatoms. The van der Waals surface area contributed by atoms with E-state index in [-0.39, 0.29) is 12.0 Å². The van der Waals surface area contributed by atoms with E-state index in [1.54, 1.807) is 0 Å². The first-order chi connectivity index (χ1) is 8.28. The number of aryl methyl sites for hydroxylation is 1. The number of carbonyl (C=O) groups is 1. The van der Waals surface area contributed by atoms with Gasteiger partial charge in [-0.15, -0.1) is 0 Å². The molecule has 3 nitrogen and oxygen atoms in total. The Balaban J connectivity index is 2.43. The van der Waals surface area contributed by atoms with Crippen LogP contribution in [0.4, 0.5) is 0 Å². The lowest BCUT2D eigenvalue weighted by Crippen LogP contribution is -2.38. The van der Waals surface area contributed by atoms with Crippen LogP contribution in [0.25, 0.3) is 0 Å². The maximum atomic E-state index is 11.7. The fourth-order valence-corrected chi connectivity index (χ4v) is 1.45. The summed E-state index contributed by atoms with van der Waals surface area (Å²) in [6, 6.07) is 7.95. The van der Waals surface area contributed by atoms with Crippen LogP contribution in [-0.2, 0) is 16.1 Å². The summed E-state index contributed by atoms with van der Waals surface area (Å²) in [6.07, 6.45) is 0. The third-order valence-corrected chi connectivity index (χ3v) is 2.49. The molecule has 1 aromatic carbocycles. The lowest BCUT2D eigenvalue weighted by molar-refractivity contribution is -0.157. The minimum atomic E-state index is -0.434. The first kappa shape index (κ1) is 14.7. The zero-order valence-electron chi connectivity index (χ0n) is 11.9. The summed E-state index contributed by atoms with van der Waals surface area (Å²) in [6.45, 7) is 10.2. The van der Waals surface area contributed by atoms with Crippen LogP contribution < -0.4 is 5.32 Å². The van der Waals surface area contributed by atoms with E-state index in [0.29, 0.717) is 6.54 Å². The summed E-state index contributed by atoms with van der Waals surface area (Å²) >= 11 is 0. The highest BCUT2D eigenvalue weighted by molar-refractivity contribution is 5.75. The van der Waals surface area contributed by atoms with Gasteiger partial charge in [-0.3, -0.25) is 4.79 Å². The van der Waals surface area contributed by atoms with E-state index in [0.717, 1.165) is 5.56 Å². The second-order valence-electron chi connectivity index (χ2n) is 5.62. The molecule has 0 aromatic heterocycles. The van der Waals surface area contributed by atoms with E-state index in [4.69, 9.17) is 4.74 Å². The van der Waals surface area contributed by atoms with Crippen LogP contribution in [0.1, 0.15) is 38.8 Å². The summed E-state index contributed by atoms with van der Waals surface area (Å²) in [7, 11) is 0. The topological polar surface area (TPSA) is 38.3 Å². The van der Waals surface area contributed by atoms with Crippen molar-refractivity contribution in [1.82, 2.24) is 5.32 Å². The van der Waals surface area contributed by atoms with Crippen molar-refractivity contribution in [2.45, 2.75) is 52.8 Å². The fourth-order valence-electron chi connectivity index (χ4n) is 1.45. The molecule has 0 bridgehead atoms. The fraction of sp³-hybridized carbons (Fsp3) is 0.533. The van der Waals surface area contributed by atoms with Gasteiger partial charge in [0.15, 0.2) is 0 Å². The average Bonchev–Trinajstić information content (AvgIpc) is 2.25. The first-order valence-corrected chi connectivity index (χ1v) is 6.30. The molecule has 0 aliphatic rings. The Bertz CT molecular complexity index is 390. The monoisotopic (exact) mass is 249 g/mol. The number of esters is 1. The minimum Gasteiger partial charge on any atom is -0.459 e. The number of benzene rings is 1. The molecule has 0 aliphatic heterocycles. The summed E-state index contributed by atoms with van der Waals surface area (Å²) in [5.41, 5.74) is 1.96. The van der Waals surface area contributed by atoms with Crippen molar-refractivity contribution < 1.29 is 9.53 Å². The first-order valence-electron chi connectivity index (χ1n) is 6.30. The van der Waals surface area contributed by atoms with Crippen LogP contribution in [0.2, 0.25) is 0 Å². The van der Waals surface area contributed by atoms with E-state index in [2.05, 4.69) is 36.5 Å². The van der Waals surface area contributed by atoms with E-state index in [9.17, 15) is 4.79 Å². The van der Waals surface area contributed by atoms with Crippen LogP contribution in [0.15, 0.2) is 24.3 Å². The van der Waals surface area contributed by atoms with Crippen molar-refractivity contribution in [1.29, 1.82) is 0 Å². The molecular formula is C15H23NO2. The summed E-state index contributed by atoms with van der Waals surface area (Å²) < 4.78 is 5.31. The van der Waals surface area contributed by atoms with E-state index in [1.165, 1.54) is 5.56 Å². The Morgan fingerprint density at radius 1 is 1.28 bits per heavy atom. The Labute approximate surface area is 110 Å². The largest absolute Gasteiger partial charge is 0.459 e. The van der Waals surface area contributed by atoms with Crippen LogP contribution in [-0.4, -0.2) is 17.6 Å². The highest BCUT2D eigenvalue weighted by Crippen LogP contribution is 2.09. The predicted molar refractivity (Wildman–Crippen MR) is 73.3 cm³/mol. The molecule has 0 saturated heterocycles. The van der Waals surface area contributed by atoms with Gasteiger partial charge in [-0.1, -0.05) is 29.8 Å². The molecular weight excluding hydrogens is 226 g/mol. The Morgan fingerprint density at radius 2 is 1.83 bits per heavy atom. The van der Waals surface area contributed by atoms with Gasteiger partial charge in [0.1, 0.15) is 11.6 Å². The maximum Gasteiger partial charge on any atom is 0.323 e. The smallest absolute Gasteiger partial charge is 0.323 e. The highest BCUT2D eigenvalue weighted by atomic mass is 16.6. The van der Waals surface area contributed by atoms with Gasteiger partial charge in [0.2, 0.25) is 0 Å². The minimum absolute atomic E-state index is 0.213. The number of carbonyl (C=O) groups excluding carboxylic acids is 1. The zero-order valence-corrected chi connectivity index (χ0v) is 11.9. The van der Waals surface area contributed by atoms with E-state index >= 15 is 0 Å².